The lowest BCUT2D eigenvalue weighted by molar-refractivity contribution is 0.183. The van der Waals surface area contributed by atoms with Crippen molar-refractivity contribution in [2.24, 2.45) is 10.9 Å². The van der Waals surface area contributed by atoms with Crippen LogP contribution in [0.2, 0.25) is 0 Å². The highest BCUT2D eigenvalue weighted by atomic mass is 16.3. The van der Waals surface area contributed by atoms with Gasteiger partial charge in [-0.15, -0.1) is 0 Å². The van der Waals surface area contributed by atoms with Gasteiger partial charge in [-0.05, 0) is 31.4 Å². The summed E-state index contributed by atoms with van der Waals surface area (Å²) in [5, 5.41) is 9.69. The number of allylic oxidation sites excluding steroid dienone is 2. The molecule has 1 aliphatic heterocycles. The summed E-state index contributed by atoms with van der Waals surface area (Å²) in [5.74, 6) is 0.578. The maximum absolute atomic E-state index is 9.69. The monoisotopic (exact) mass is 205 g/mol. The summed E-state index contributed by atoms with van der Waals surface area (Å²) < 4.78 is 0. The average Bonchev–Trinajstić information content (AvgIpc) is 2.69. The molecule has 82 valence electrons. The summed E-state index contributed by atoms with van der Waals surface area (Å²) in [7, 11) is 0. The summed E-state index contributed by atoms with van der Waals surface area (Å²) in [4.78, 5) is 4.35. The first-order valence-electron chi connectivity index (χ1n) is 5.79. The van der Waals surface area contributed by atoms with E-state index in [9.17, 15) is 5.11 Å². The second kappa shape index (κ2) is 4.31. The van der Waals surface area contributed by atoms with Crippen LogP contribution in [0.1, 0.15) is 39.0 Å². The van der Waals surface area contributed by atoms with Crippen molar-refractivity contribution in [1.29, 1.82) is 0 Å². The van der Waals surface area contributed by atoms with E-state index >= 15 is 0 Å². The molecular weight excluding hydrogens is 186 g/mol. The molecule has 2 heteroatoms. The highest BCUT2D eigenvalue weighted by Crippen LogP contribution is 2.30. The van der Waals surface area contributed by atoms with E-state index in [1.165, 1.54) is 31.3 Å². The third-order valence-electron chi connectivity index (χ3n) is 3.34. The van der Waals surface area contributed by atoms with E-state index in [0.717, 1.165) is 11.3 Å². The predicted molar refractivity (Wildman–Crippen MR) is 62.9 cm³/mol. The van der Waals surface area contributed by atoms with Crippen molar-refractivity contribution in [1.82, 2.24) is 0 Å². The SMILES string of the molecule is C=C(C)C1=CC(C2CCCC2)=NC(O)C1. The van der Waals surface area contributed by atoms with Crippen LogP contribution in [0.25, 0.3) is 0 Å². The summed E-state index contributed by atoms with van der Waals surface area (Å²) in [6.07, 6.45) is 7.29. The fourth-order valence-electron chi connectivity index (χ4n) is 2.43. The largest absolute Gasteiger partial charge is 0.371 e. The number of hydrogen-bond donors (Lipinski definition) is 1. The molecule has 2 nitrogen and oxygen atoms in total. The summed E-state index contributed by atoms with van der Waals surface area (Å²) in [6, 6.07) is 0. The highest BCUT2D eigenvalue weighted by Gasteiger charge is 2.23. The van der Waals surface area contributed by atoms with Gasteiger partial charge in [-0.25, -0.2) is 0 Å². The van der Waals surface area contributed by atoms with Gasteiger partial charge in [-0.3, -0.25) is 4.99 Å². The molecule has 0 spiro atoms. The van der Waals surface area contributed by atoms with Gasteiger partial charge in [0, 0.05) is 18.1 Å². The van der Waals surface area contributed by atoms with E-state index in [0.29, 0.717) is 12.3 Å². The lowest BCUT2D eigenvalue weighted by atomic mass is 9.93. The Kier molecular flexibility index (Phi) is 3.06. The van der Waals surface area contributed by atoms with Gasteiger partial charge < -0.3 is 5.11 Å². The molecule has 1 atom stereocenters. The molecule has 0 aromatic carbocycles. The molecule has 15 heavy (non-hydrogen) atoms. The Morgan fingerprint density at radius 3 is 2.73 bits per heavy atom. The van der Waals surface area contributed by atoms with Crippen LogP contribution in [0.4, 0.5) is 0 Å². The zero-order chi connectivity index (χ0) is 10.8. The number of rotatable bonds is 2. The molecular formula is C13H19NO. The Morgan fingerprint density at radius 2 is 2.13 bits per heavy atom. The molecule has 1 N–H and O–H groups in total. The van der Waals surface area contributed by atoms with Crippen LogP contribution in [-0.4, -0.2) is 17.0 Å². The van der Waals surface area contributed by atoms with Crippen molar-refractivity contribution in [2.45, 2.75) is 45.3 Å². The topological polar surface area (TPSA) is 32.6 Å². The van der Waals surface area contributed by atoms with E-state index in [1.807, 2.05) is 6.92 Å². The number of aliphatic hydroxyl groups excluding tert-OH is 1. The zero-order valence-electron chi connectivity index (χ0n) is 9.37. The lowest BCUT2D eigenvalue weighted by Gasteiger charge is -2.20. The first-order valence-corrected chi connectivity index (χ1v) is 5.79. The Bertz CT molecular complexity index is 321. The molecule has 1 unspecified atom stereocenters. The molecule has 0 saturated heterocycles. The number of aliphatic hydroxyl groups is 1. The smallest absolute Gasteiger partial charge is 0.149 e. The number of dihydropyridines is 1. The normalized spacial score (nSPS) is 27.5. The molecule has 0 aromatic rings. The van der Waals surface area contributed by atoms with E-state index in [-0.39, 0.29) is 0 Å². The minimum Gasteiger partial charge on any atom is -0.371 e. The summed E-state index contributed by atoms with van der Waals surface area (Å²) >= 11 is 0. The predicted octanol–water partition coefficient (Wildman–Crippen LogP) is 2.84. The first-order chi connectivity index (χ1) is 7.16. The molecule has 1 aliphatic carbocycles. The van der Waals surface area contributed by atoms with Crippen LogP contribution in [0.3, 0.4) is 0 Å². The Morgan fingerprint density at radius 1 is 1.47 bits per heavy atom. The van der Waals surface area contributed by atoms with Gasteiger partial charge in [0.15, 0.2) is 0 Å². The van der Waals surface area contributed by atoms with Gasteiger partial charge in [-0.2, -0.15) is 0 Å². The van der Waals surface area contributed by atoms with E-state index in [2.05, 4.69) is 17.6 Å². The molecule has 2 aliphatic rings. The van der Waals surface area contributed by atoms with Gasteiger partial charge >= 0.3 is 0 Å². The lowest BCUT2D eigenvalue weighted by Crippen LogP contribution is -2.19. The van der Waals surface area contributed by atoms with E-state index < -0.39 is 6.23 Å². The van der Waals surface area contributed by atoms with E-state index in [1.54, 1.807) is 0 Å². The minimum atomic E-state index is -0.544. The summed E-state index contributed by atoms with van der Waals surface area (Å²) in [6.45, 7) is 5.94. The van der Waals surface area contributed by atoms with Crippen LogP contribution in [0.15, 0.2) is 28.8 Å². The standard InChI is InChI=1S/C13H19NO/c1-9(2)11-7-12(14-13(15)8-11)10-5-3-4-6-10/h7,10,13,15H,1,3-6,8H2,2H3. The van der Waals surface area contributed by atoms with Gasteiger partial charge in [0.25, 0.3) is 0 Å². The average molecular weight is 205 g/mol. The fourth-order valence-corrected chi connectivity index (χ4v) is 2.43. The molecule has 0 radical (unpaired) electrons. The number of aliphatic imine (C=N–C) groups is 1. The van der Waals surface area contributed by atoms with Crippen LogP contribution in [0, 0.1) is 5.92 Å². The second-order valence-electron chi connectivity index (χ2n) is 4.67. The maximum atomic E-state index is 9.69. The minimum absolute atomic E-state index is 0.544. The van der Waals surface area contributed by atoms with Crippen molar-refractivity contribution >= 4 is 5.71 Å². The molecule has 2 rings (SSSR count). The molecule has 0 amide bonds. The molecule has 0 bridgehead atoms. The van der Waals surface area contributed by atoms with Gasteiger partial charge in [0.1, 0.15) is 6.23 Å². The Labute approximate surface area is 91.4 Å². The van der Waals surface area contributed by atoms with Crippen LogP contribution >= 0.6 is 0 Å². The van der Waals surface area contributed by atoms with Crippen LogP contribution < -0.4 is 0 Å². The molecule has 0 aromatic heterocycles. The van der Waals surface area contributed by atoms with Crippen molar-refractivity contribution in [3.63, 3.8) is 0 Å². The Hall–Kier alpha value is -0.890. The highest BCUT2D eigenvalue weighted by molar-refractivity contribution is 5.98. The fraction of sp³-hybridized carbons (Fsp3) is 0.615. The van der Waals surface area contributed by atoms with Gasteiger partial charge in [0.05, 0.1) is 0 Å². The Balaban J connectivity index is 2.18. The van der Waals surface area contributed by atoms with Crippen LogP contribution in [0.5, 0.6) is 0 Å². The zero-order valence-corrected chi connectivity index (χ0v) is 9.37. The van der Waals surface area contributed by atoms with Crippen molar-refractivity contribution in [3.8, 4) is 0 Å². The third-order valence-corrected chi connectivity index (χ3v) is 3.34. The van der Waals surface area contributed by atoms with E-state index in [4.69, 9.17) is 0 Å². The van der Waals surface area contributed by atoms with Crippen LogP contribution in [-0.2, 0) is 0 Å². The molecule has 1 saturated carbocycles. The van der Waals surface area contributed by atoms with Gasteiger partial charge in [0.2, 0.25) is 0 Å². The van der Waals surface area contributed by atoms with Crippen molar-refractivity contribution in [3.05, 3.63) is 23.8 Å². The quantitative estimate of drug-likeness (QED) is 0.738. The van der Waals surface area contributed by atoms with Crippen molar-refractivity contribution < 1.29 is 5.11 Å². The van der Waals surface area contributed by atoms with Crippen molar-refractivity contribution in [2.75, 3.05) is 0 Å². The summed E-state index contributed by atoms with van der Waals surface area (Å²) in [5.41, 5.74) is 3.32. The maximum Gasteiger partial charge on any atom is 0.149 e. The number of nitrogens with zero attached hydrogens (tertiary/aromatic N) is 1. The van der Waals surface area contributed by atoms with Gasteiger partial charge in [-0.1, -0.05) is 25.0 Å². The number of hydrogen-bond acceptors (Lipinski definition) is 2. The molecule has 1 fully saturated rings. The first kappa shape index (κ1) is 10.6. The second-order valence-corrected chi connectivity index (χ2v) is 4.67. The molecule has 1 heterocycles. The third kappa shape index (κ3) is 2.37.